The van der Waals surface area contributed by atoms with E-state index in [1.54, 1.807) is 31.3 Å². The third-order valence-corrected chi connectivity index (χ3v) is 7.63. The van der Waals surface area contributed by atoms with Crippen molar-refractivity contribution in [3.05, 3.63) is 47.5 Å². The predicted octanol–water partition coefficient (Wildman–Crippen LogP) is 3.04. The van der Waals surface area contributed by atoms with Crippen LogP contribution in [0.3, 0.4) is 0 Å². The van der Waals surface area contributed by atoms with Crippen molar-refractivity contribution >= 4 is 27.5 Å². The van der Waals surface area contributed by atoms with Crippen molar-refractivity contribution in [2.45, 2.75) is 43.7 Å². The van der Waals surface area contributed by atoms with E-state index in [-0.39, 0.29) is 27.4 Å². The van der Waals surface area contributed by atoms with Gasteiger partial charge >= 0.3 is 0 Å². The molecule has 1 fully saturated rings. The van der Waals surface area contributed by atoms with Gasteiger partial charge in [0, 0.05) is 44.6 Å². The number of amides is 1. The van der Waals surface area contributed by atoms with Gasteiger partial charge in [0.05, 0.1) is 21.8 Å². The molecule has 0 N–H and O–H groups in total. The Kier molecular flexibility index (Phi) is 6.12. The summed E-state index contributed by atoms with van der Waals surface area (Å²) in [6.45, 7) is 4.76. The minimum absolute atomic E-state index is 0.0738. The normalized spacial score (nSPS) is 16.1. The zero-order chi connectivity index (χ0) is 20.5. The molecule has 1 aliphatic heterocycles. The van der Waals surface area contributed by atoms with E-state index < -0.39 is 10.0 Å². The van der Waals surface area contributed by atoms with Crippen LogP contribution >= 0.6 is 11.6 Å². The van der Waals surface area contributed by atoms with Crippen LogP contribution in [0.4, 0.5) is 0 Å². The number of carbonyl (C=O) groups is 1. The van der Waals surface area contributed by atoms with E-state index in [4.69, 9.17) is 11.6 Å². The Bertz CT molecular complexity index is 936. The molecule has 7 nitrogen and oxygen atoms in total. The highest BCUT2D eigenvalue weighted by molar-refractivity contribution is 7.89. The standard InChI is InChI=1S/C19H25ClN4O3S/c1-14(2)22(3)28(26,27)16-4-5-18(20)17(12-16)19(25)23-9-6-15(7-10-23)24-11-8-21-13-24/h4-5,8,11-15H,6-7,9-10H2,1-3H3. The first-order chi connectivity index (χ1) is 13.2. The molecule has 1 aromatic heterocycles. The Morgan fingerprint density at radius 2 is 1.96 bits per heavy atom. The zero-order valence-corrected chi connectivity index (χ0v) is 17.8. The smallest absolute Gasteiger partial charge is 0.255 e. The number of carbonyl (C=O) groups excluding carboxylic acids is 1. The molecule has 0 saturated carbocycles. The average Bonchev–Trinajstić information content (AvgIpc) is 3.22. The summed E-state index contributed by atoms with van der Waals surface area (Å²) in [7, 11) is -2.16. The Hall–Kier alpha value is -1.90. The van der Waals surface area contributed by atoms with Crippen LogP contribution in [-0.2, 0) is 10.0 Å². The highest BCUT2D eigenvalue weighted by atomic mass is 35.5. The van der Waals surface area contributed by atoms with E-state index in [1.165, 1.54) is 29.6 Å². The molecule has 1 aromatic carbocycles. The molecule has 2 heterocycles. The lowest BCUT2D eigenvalue weighted by molar-refractivity contribution is 0.0694. The highest BCUT2D eigenvalue weighted by Gasteiger charge is 2.28. The van der Waals surface area contributed by atoms with Crippen LogP contribution in [0.1, 0.15) is 43.1 Å². The molecule has 9 heteroatoms. The Labute approximate surface area is 171 Å². The third-order valence-electron chi connectivity index (χ3n) is 5.27. The van der Waals surface area contributed by atoms with E-state index in [0.717, 1.165) is 12.8 Å². The van der Waals surface area contributed by atoms with Crippen LogP contribution in [0.15, 0.2) is 41.8 Å². The van der Waals surface area contributed by atoms with Crippen LogP contribution in [0.2, 0.25) is 5.02 Å². The van der Waals surface area contributed by atoms with E-state index in [9.17, 15) is 13.2 Å². The van der Waals surface area contributed by atoms with Gasteiger partial charge in [-0.2, -0.15) is 4.31 Å². The fourth-order valence-electron chi connectivity index (χ4n) is 3.30. The summed E-state index contributed by atoms with van der Waals surface area (Å²) in [4.78, 5) is 18.9. The number of rotatable bonds is 5. The molecule has 0 radical (unpaired) electrons. The topological polar surface area (TPSA) is 75.5 Å². The maximum absolute atomic E-state index is 13.0. The summed E-state index contributed by atoms with van der Waals surface area (Å²) < 4.78 is 28.9. The number of likely N-dealkylation sites (tertiary alicyclic amines) is 1. The number of hydrogen-bond donors (Lipinski definition) is 0. The molecule has 1 aliphatic rings. The Balaban J connectivity index is 1.79. The lowest BCUT2D eigenvalue weighted by atomic mass is 10.0. The van der Waals surface area contributed by atoms with E-state index in [2.05, 4.69) is 9.55 Å². The number of piperidine rings is 1. The van der Waals surface area contributed by atoms with Crippen molar-refractivity contribution in [2.75, 3.05) is 20.1 Å². The van der Waals surface area contributed by atoms with Crippen LogP contribution in [0, 0.1) is 0 Å². The monoisotopic (exact) mass is 424 g/mol. The van der Waals surface area contributed by atoms with Crippen molar-refractivity contribution in [3.63, 3.8) is 0 Å². The SMILES string of the molecule is CC(C)N(C)S(=O)(=O)c1ccc(Cl)c(C(=O)N2CCC(n3ccnc3)CC2)c1. The van der Waals surface area contributed by atoms with Crippen LogP contribution in [0.25, 0.3) is 0 Å². The fraction of sp³-hybridized carbons (Fsp3) is 0.474. The van der Waals surface area contributed by atoms with Crippen molar-refractivity contribution in [2.24, 2.45) is 0 Å². The van der Waals surface area contributed by atoms with Gasteiger partial charge in [0.2, 0.25) is 10.0 Å². The Morgan fingerprint density at radius 3 is 2.54 bits per heavy atom. The fourth-order valence-corrected chi connectivity index (χ4v) is 4.89. The molecule has 1 saturated heterocycles. The number of nitrogens with zero attached hydrogens (tertiary/aromatic N) is 4. The summed E-state index contributed by atoms with van der Waals surface area (Å²) in [6, 6.07) is 4.43. The van der Waals surface area contributed by atoms with Gasteiger partial charge in [-0.15, -0.1) is 0 Å². The molecule has 0 aliphatic carbocycles. The van der Waals surface area contributed by atoms with Crippen molar-refractivity contribution in [1.82, 2.24) is 18.8 Å². The maximum atomic E-state index is 13.0. The van der Waals surface area contributed by atoms with Gasteiger partial charge < -0.3 is 9.47 Å². The van der Waals surface area contributed by atoms with Crippen molar-refractivity contribution in [3.8, 4) is 0 Å². The molecule has 0 bridgehead atoms. The molecular formula is C19H25ClN4O3S. The molecule has 2 aromatic rings. The average molecular weight is 425 g/mol. The first kappa shape index (κ1) is 20.8. The minimum atomic E-state index is -3.69. The number of hydrogen-bond acceptors (Lipinski definition) is 4. The summed E-state index contributed by atoms with van der Waals surface area (Å²) in [5.74, 6) is -0.238. The summed E-state index contributed by atoms with van der Waals surface area (Å²) in [5, 5.41) is 0.257. The van der Waals surface area contributed by atoms with Gasteiger partial charge in [-0.05, 0) is 44.9 Å². The second-order valence-corrected chi connectivity index (χ2v) is 9.69. The highest BCUT2D eigenvalue weighted by Crippen LogP contribution is 2.27. The molecule has 152 valence electrons. The summed E-state index contributed by atoms with van der Waals surface area (Å²) in [6.07, 6.45) is 7.09. The van der Waals surface area contributed by atoms with Gasteiger partial charge in [0.25, 0.3) is 5.91 Å². The molecular weight excluding hydrogens is 400 g/mol. The number of imidazole rings is 1. The van der Waals surface area contributed by atoms with Gasteiger partial charge in [-0.25, -0.2) is 13.4 Å². The number of sulfonamides is 1. The van der Waals surface area contributed by atoms with Gasteiger partial charge in [0.1, 0.15) is 0 Å². The third kappa shape index (κ3) is 4.09. The largest absolute Gasteiger partial charge is 0.338 e. The van der Waals surface area contributed by atoms with Gasteiger partial charge in [-0.1, -0.05) is 11.6 Å². The number of halogens is 1. The summed E-state index contributed by atoms with van der Waals surface area (Å²) in [5.41, 5.74) is 0.223. The van der Waals surface area contributed by atoms with Crippen LogP contribution in [-0.4, -0.2) is 59.3 Å². The first-order valence-corrected chi connectivity index (χ1v) is 11.1. The van der Waals surface area contributed by atoms with Gasteiger partial charge in [-0.3, -0.25) is 4.79 Å². The molecule has 28 heavy (non-hydrogen) atoms. The maximum Gasteiger partial charge on any atom is 0.255 e. The van der Waals surface area contributed by atoms with Crippen LogP contribution in [0.5, 0.6) is 0 Å². The zero-order valence-electron chi connectivity index (χ0n) is 16.2. The van der Waals surface area contributed by atoms with E-state index in [1.807, 2.05) is 6.20 Å². The second kappa shape index (κ2) is 8.23. The van der Waals surface area contributed by atoms with E-state index >= 15 is 0 Å². The first-order valence-electron chi connectivity index (χ1n) is 9.26. The lowest BCUT2D eigenvalue weighted by Crippen LogP contribution is -2.39. The Morgan fingerprint density at radius 1 is 1.29 bits per heavy atom. The second-order valence-electron chi connectivity index (χ2n) is 7.29. The molecule has 0 spiro atoms. The number of benzene rings is 1. The number of aromatic nitrogens is 2. The quantitative estimate of drug-likeness (QED) is 0.739. The van der Waals surface area contributed by atoms with Crippen molar-refractivity contribution in [1.29, 1.82) is 0 Å². The molecule has 0 unspecified atom stereocenters. The predicted molar refractivity (Wildman–Crippen MR) is 108 cm³/mol. The minimum Gasteiger partial charge on any atom is -0.338 e. The summed E-state index contributed by atoms with van der Waals surface area (Å²) >= 11 is 6.24. The molecule has 0 atom stereocenters. The van der Waals surface area contributed by atoms with E-state index in [0.29, 0.717) is 19.1 Å². The van der Waals surface area contributed by atoms with Crippen LogP contribution < -0.4 is 0 Å². The molecule has 1 amide bonds. The van der Waals surface area contributed by atoms with Gasteiger partial charge in [0.15, 0.2) is 0 Å². The lowest BCUT2D eigenvalue weighted by Gasteiger charge is -2.33. The molecule has 3 rings (SSSR count). The van der Waals surface area contributed by atoms with Crippen molar-refractivity contribution < 1.29 is 13.2 Å².